The van der Waals surface area contributed by atoms with Gasteiger partial charge in [-0.15, -0.1) is 0 Å². The smallest absolute Gasteiger partial charge is 0.339 e. The van der Waals surface area contributed by atoms with Crippen LogP contribution in [0.25, 0.3) is 0 Å². The molecule has 1 aliphatic rings. The number of hydrogen-bond acceptors (Lipinski definition) is 5. The van der Waals surface area contributed by atoms with Gasteiger partial charge in [-0.2, -0.15) is 8.42 Å². The predicted octanol–water partition coefficient (Wildman–Crippen LogP) is 2.71. The van der Waals surface area contributed by atoms with Gasteiger partial charge >= 0.3 is 10.1 Å². The maximum Gasteiger partial charge on any atom is 0.339 e. The summed E-state index contributed by atoms with van der Waals surface area (Å²) in [5.74, 6) is -0.386. The number of para-hydroxylation sites is 2. The van der Waals surface area contributed by atoms with Crippen molar-refractivity contribution in [1.29, 1.82) is 0 Å². The van der Waals surface area contributed by atoms with E-state index in [0.717, 1.165) is 5.56 Å². The lowest BCUT2D eigenvalue weighted by Gasteiger charge is -2.20. The Labute approximate surface area is 158 Å². The van der Waals surface area contributed by atoms with Crippen LogP contribution in [0.4, 0.5) is 11.4 Å². The molecule has 3 rings (SSSR count). The van der Waals surface area contributed by atoms with Gasteiger partial charge in [0.1, 0.15) is 4.90 Å². The average Bonchev–Trinajstić information content (AvgIpc) is 2.91. The Morgan fingerprint density at radius 1 is 1.15 bits per heavy atom. The Morgan fingerprint density at radius 2 is 1.85 bits per heavy atom. The van der Waals surface area contributed by atoms with Crippen LogP contribution in [0.1, 0.15) is 26.3 Å². The molecule has 142 valence electrons. The van der Waals surface area contributed by atoms with Crippen molar-refractivity contribution < 1.29 is 22.2 Å². The number of amides is 2. The Bertz CT molecular complexity index is 1020. The molecule has 0 saturated carbocycles. The average molecular weight is 388 g/mol. The number of carbonyl (C=O) groups excluding carboxylic acids is 2. The van der Waals surface area contributed by atoms with E-state index in [0.29, 0.717) is 12.1 Å². The van der Waals surface area contributed by atoms with Crippen molar-refractivity contribution in [1.82, 2.24) is 0 Å². The maximum atomic E-state index is 12.7. The summed E-state index contributed by atoms with van der Waals surface area (Å²) in [4.78, 5) is 24.8. The van der Waals surface area contributed by atoms with E-state index in [-0.39, 0.29) is 34.2 Å². The van der Waals surface area contributed by atoms with Gasteiger partial charge in [0.25, 0.3) is 0 Å². The lowest BCUT2D eigenvalue weighted by molar-refractivity contribution is -0.117. The van der Waals surface area contributed by atoms with Gasteiger partial charge in [-0.05, 0) is 49.2 Å². The molecule has 0 aromatic heterocycles. The third-order valence-electron chi connectivity index (χ3n) is 4.29. The molecule has 27 heavy (non-hydrogen) atoms. The van der Waals surface area contributed by atoms with Crippen molar-refractivity contribution in [3.8, 4) is 5.75 Å². The Balaban J connectivity index is 1.93. The fourth-order valence-corrected chi connectivity index (χ4v) is 4.24. The van der Waals surface area contributed by atoms with Crippen molar-refractivity contribution in [2.75, 3.05) is 10.2 Å². The number of anilines is 2. The van der Waals surface area contributed by atoms with E-state index in [1.807, 2.05) is 6.92 Å². The zero-order valence-corrected chi connectivity index (χ0v) is 16.0. The van der Waals surface area contributed by atoms with Gasteiger partial charge in [-0.3, -0.25) is 9.59 Å². The molecule has 0 radical (unpaired) electrons. The van der Waals surface area contributed by atoms with Crippen LogP contribution < -0.4 is 14.4 Å². The number of nitrogens with zero attached hydrogens (tertiary/aromatic N) is 1. The highest BCUT2D eigenvalue weighted by Crippen LogP contribution is 2.35. The van der Waals surface area contributed by atoms with Gasteiger partial charge in [-0.1, -0.05) is 12.1 Å². The van der Waals surface area contributed by atoms with Crippen molar-refractivity contribution in [2.45, 2.75) is 38.1 Å². The van der Waals surface area contributed by atoms with Crippen molar-refractivity contribution >= 4 is 33.3 Å². The molecule has 0 unspecified atom stereocenters. The second-order valence-electron chi connectivity index (χ2n) is 6.45. The van der Waals surface area contributed by atoms with E-state index in [2.05, 4.69) is 5.32 Å². The second kappa shape index (κ2) is 7.03. The Kier molecular flexibility index (Phi) is 4.93. The summed E-state index contributed by atoms with van der Waals surface area (Å²) in [7, 11) is -4.10. The first-order valence-electron chi connectivity index (χ1n) is 8.43. The van der Waals surface area contributed by atoms with Gasteiger partial charge in [0.15, 0.2) is 5.75 Å². The summed E-state index contributed by atoms with van der Waals surface area (Å²) in [6.07, 6.45) is 0.570. The van der Waals surface area contributed by atoms with E-state index in [4.69, 9.17) is 4.18 Å². The highest BCUT2D eigenvalue weighted by Gasteiger charge is 2.30. The summed E-state index contributed by atoms with van der Waals surface area (Å²) in [6, 6.07) is 10.8. The predicted molar refractivity (Wildman–Crippen MR) is 101 cm³/mol. The lowest BCUT2D eigenvalue weighted by Crippen LogP contribution is -2.33. The summed E-state index contributed by atoms with van der Waals surface area (Å²) >= 11 is 0. The topological polar surface area (TPSA) is 92.8 Å². The first-order chi connectivity index (χ1) is 12.7. The third kappa shape index (κ3) is 3.80. The number of fused-ring (bicyclic) bond motifs is 1. The largest absolute Gasteiger partial charge is 0.377 e. The molecule has 1 aliphatic heterocycles. The number of rotatable bonds is 4. The molecule has 1 heterocycles. The zero-order chi connectivity index (χ0) is 19.8. The summed E-state index contributed by atoms with van der Waals surface area (Å²) in [5, 5.41) is 2.54. The van der Waals surface area contributed by atoms with Crippen LogP contribution in [-0.4, -0.2) is 26.3 Å². The van der Waals surface area contributed by atoms with Crippen LogP contribution in [0.2, 0.25) is 0 Å². The standard InChI is InChI=1S/C19H20N2O5S/c1-12-10-15-11-16(8-9-18(15)21(12)14(3)23)27(24,25)26-19-7-5-4-6-17(19)20-13(2)22/h4-9,11-12H,10H2,1-3H3,(H,20,22)/t12-/m0/s1. The quantitative estimate of drug-likeness (QED) is 0.813. The lowest BCUT2D eigenvalue weighted by atomic mass is 10.1. The van der Waals surface area contributed by atoms with E-state index < -0.39 is 10.1 Å². The van der Waals surface area contributed by atoms with Gasteiger partial charge in [0, 0.05) is 25.6 Å². The van der Waals surface area contributed by atoms with Crippen molar-refractivity contribution in [3.05, 3.63) is 48.0 Å². The van der Waals surface area contributed by atoms with E-state index >= 15 is 0 Å². The summed E-state index contributed by atoms with van der Waals surface area (Å²) in [5.41, 5.74) is 1.76. The first-order valence-corrected chi connectivity index (χ1v) is 9.83. The fraction of sp³-hybridized carbons (Fsp3) is 0.263. The molecule has 1 atom stereocenters. The minimum atomic E-state index is -4.10. The van der Waals surface area contributed by atoms with Crippen molar-refractivity contribution in [2.24, 2.45) is 0 Å². The second-order valence-corrected chi connectivity index (χ2v) is 7.99. The van der Waals surface area contributed by atoms with Gasteiger partial charge in [-0.25, -0.2) is 0 Å². The van der Waals surface area contributed by atoms with Crippen LogP contribution in [0, 0.1) is 0 Å². The van der Waals surface area contributed by atoms with Crippen LogP contribution in [0.5, 0.6) is 5.75 Å². The van der Waals surface area contributed by atoms with Gasteiger partial charge in [0.05, 0.1) is 5.69 Å². The number of hydrogen-bond donors (Lipinski definition) is 1. The van der Waals surface area contributed by atoms with Gasteiger partial charge < -0.3 is 14.4 Å². The molecular weight excluding hydrogens is 368 g/mol. The Hall–Kier alpha value is -2.87. The summed E-state index contributed by atoms with van der Waals surface area (Å²) in [6.45, 7) is 4.72. The molecule has 0 fully saturated rings. The first kappa shape index (κ1) is 18.9. The number of carbonyl (C=O) groups is 2. The molecule has 2 aromatic carbocycles. The normalized spacial score (nSPS) is 16.0. The molecule has 0 saturated heterocycles. The van der Waals surface area contributed by atoms with Gasteiger partial charge in [0.2, 0.25) is 11.8 Å². The van der Waals surface area contributed by atoms with Crippen LogP contribution >= 0.6 is 0 Å². The third-order valence-corrected chi connectivity index (χ3v) is 5.52. The van der Waals surface area contributed by atoms with E-state index in [1.54, 1.807) is 29.2 Å². The maximum absolute atomic E-state index is 12.7. The molecule has 0 bridgehead atoms. The molecule has 2 aromatic rings. The highest BCUT2D eigenvalue weighted by atomic mass is 32.2. The SMILES string of the molecule is CC(=O)Nc1ccccc1OS(=O)(=O)c1ccc2c(c1)C[C@H](C)N2C(C)=O. The molecule has 0 aliphatic carbocycles. The highest BCUT2D eigenvalue weighted by molar-refractivity contribution is 7.87. The molecule has 0 spiro atoms. The van der Waals surface area contributed by atoms with Crippen LogP contribution in [0.3, 0.4) is 0 Å². The molecule has 7 nitrogen and oxygen atoms in total. The van der Waals surface area contributed by atoms with Crippen LogP contribution in [0.15, 0.2) is 47.4 Å². The molecule has 8 heteroatoms. The monoisotopic (exact) mass is 388 g/mol. The zero-order valence-electron chi connectivity index (χ0n) is 15.2. The molecule has 2 amide bonds. The van der Waals surface area contributed by atoms with E-state index in [9.17, 15) is 18.0 Å². The molecule has 1 N–H and O–H groups in total. The minimum absolute atomic E-state index is 0.00326. The van der Waals surface area contributed by atoms with E-state index in [1.165, 1.54) is 32.0 Å². The minimum Gasteiger partial charge on any atom is -0.377 e. The van der Waals surface area contributed by atoms with Crippen molar-refractivity contribution in [3.63, 3.8) is 0 Å². The fourth-order valence-electron chi connectivity index (χ4n) is 3.24. The number of benzene rings is 2. The Morgan fingerprint density at radius 3 is 2.52 bits per heavy atom. The number of nitrogens with one attached hydrogen (secondary N) is 1. The summed E-state index contributed by atoms with van der Waals surface area (Å²) < 4.78 is 30.7. The van der Waals surface area contributed by atoms with Crippen LogP contribution in [-0.2, 0) is 26.1 Å². The molecular formula is C19H20N2O5S.